The van der Waals surface area contributed by atoms with E-state index in [0.29, 0.717) is 12.1 Å². The van der Waals surface area contributed by atoms with Gasteiger partial charge in [0.1, 0.15) is 11.6 Å². The van der Waals surface area contributed by atoms with Crippen LogP contribution in [0.15, 0.2) is 18.2 Å². The number of rotatable bonds is 1. The molecular weight excluding hydrogens is 473 g/mol. The second kappa shape index (κ2) is 6.69. The molecule has 0 aliphatic rings. The van der Waals surface area contributed by atoms with E-state index in [4.69, 9.17) is 0 Å². The van der Waals surface area contributed by atoms with E-state index >= 15 is 4.39 Å². The first kappa shape index (κ1) is 21.2. The number of halogens is 11. The molecule has 0 radical (unpaired) electrons. The summed E-state index contributed by atoms with van der Waals surface area (Å²) in [4.78, 5) is 0. The highest BCUT2D eigenvalue weighted by atomic mass is 19.2. The quantitative estimate of drug-likeness (QED) is 0.132. The van der Waals surface area contributed by atoms with Crippen molar-refractivity contribution in [3.8, 4) is 11.1 Å². The summed E-state index contributed by atoms with van der Waals surface area (Å²) in [6.07, 6.45) is 0. The fraction of sp³-hybridized carbons (Fsp3) is 0. The summed E-state index contributed by atoms with van der Waals surface area (Å²) in [5.74, 6) is -23.5. The second-order valence-electron chi connectivity index (χ2n) is 7.08. The minimum atomic E-state index is -2.48. The molecule has 0 unspecified atom stereocenters. The Morgan fingerprint density at radius 1 is 0.364 bits per heavy atom. The Kier molecular flexibility index (Phi) is 4.30. The first-order valence-electron chi connectivity index (χ1n) is 8.82. The lowest BCUT2D eigenvalue weighted by molar-refractivity contribution is 0.448. The molecule has 5 aromatic rings. The van der Waals surface area contributed by atoms with Gasteiger partial charge in [-0.25, -0.2) is 48.3 Å². The molecule has 5 aromatic carbocycles. The van der Waals surface area contributed by atoms with Crippen LogP contribution in [0.5, 0.6) is 0 Å². The van der Waals surface area contributed by atoms with Gasteiger partial charge in [-0.15, -0.1) is 0 Å². The van der Waals surface area contributed by atoms with Crippen LogP contribution in [-0.4, -0.2) is 0 Å². The minimum Gasteiger partial charge on any atom is -0.207 e. The Labute approximate surface area is 174 Å². The van der Waals surface area contributed by atoms with Crippen molar-refractivity contribution in [2.24, 2.45) is 0 Å². The molecule has 0 saturated heterocycles. The first-order chi connectivity index (χ1) is 15.5. The lowest BCUT2D eigenvalue weighted by Crippen LogP contribution is -2.08. The van der Waals surface area contributed by atoms with Crippen molar-refractivity contribution in [2.45, 2.75) is 0 Å². The standard InChI is InChI=1S/C22H3F11/c23-4-1-2-5(6(24)3-4)7-10-8-9-12(17(28)15(10)26)20(31)22(33)21(32)13(9)19(30)18(29)11(8)16(27)14(7)25/h1-3H. The Morgan fingerprint density at radius 2 is 0.758 bits per heavy atom. The van der Waals surface area contributed by atoms with E-state index in [-0.39, 0.29) is 6.07 Å². The van der Waals surface area contributed by atoms with Gasteiger partial charge in [-0.05, 0) is 12.1 Å². The number of benzene rings is 5. The van der Waals surface area contributed by atoms with Crippen LogP contribution in [0.25, 0.3) is 43.4 Å². The maximum atomic E-state index is 15.1. The van der Waals surface area contributed by atoms with Crippen LogP contribution < -0.4 is 0 Å². The van der Waals surface area contributed by atoms with Crippen molar-refractivity contribution >= 4 is 32.3 Å². The molecule has 5 rings (SSSR count). The van der Waals surface area contributed by atoms with Gasteiger partial charge in [0, 0.05) is 33.4 Å². The van der Waals surface area contributed by atoms with Crippen LogP contribution in [0, 0.1) is 64.0 Å². The summed E-state index contributed by atoms with van der Waals surface area (Å²) in [6, 6.07) is 1.26. The van der Waals surface area contributed by atoms with Gasteiger partial charge in [0.25, 0.3) is 0 Å². The molecule has 11 heteroatoms. The predicted molar refractivity (Wildman–Crippen MR) is 95.1 cm³/mol. The largest absolute Gasteiger partial charge is 0.207 e. The zero-order valence-electron chi connectivity index (χ0n) is 15.4. The third-order valence-corrected chi connectivity index (χ3v) is 5.42. The molecule has 0 spiro atoms. The maximum Gasteiger partial charge on any atom is 0.195 e. The van der Waals surface area contributed by atoms with E-state index in [1.165, 1.54) is 0 Å². The van der Waals surface area contributed by atoms with Gasteiger partial charge in [-0.3, -0.25) is 0 Å². The Bertz CT molecular complexity index is 1650. The molecule has 0 nitrogen and oxygen atoms in total. The van der Waals surface area contributed by atoms with Crippen molar-refractivity contribution < 1.29 is 48.3 Å². The fourth-order valence-corrected chi connectivity index (χ4v) is 4.07. The van der Waals surface area contributed by atoms with Crippen LogP contribution in [0.1, 0.15) is 0 Å². The van der Waals surface area contributed by atoms with Crippen molar-refractivity contribution in [1.82, 2.24) is 0 Å². The van der Waals surface area contributed by atoms with Crippen molar-refractivity contribution in [2.75, 3.05) is 0 Å². The van der Waals surface area contributed by atoms with Crippen LogP contribution in [0.4, 0.5) is 48.3 Å². The monoisotopic (exact) mass is 476 g/mol. The summed E-state index contributed by atoms with van der Waals surface area (Å²) in [5, 5.41) is -9.10. The van der Waals surface area contributed by atoms with Crippen LogP contribution in [-0.2, 0) is 0 Å². The van der Waals surface area contributed by atoms with Gasteiger partial charge >= 0.3 is 0 Å². The maximum absolute atomic E-state index is 15.1. The lowest BCUT2D eigenvalue weighted by atomic mass is 9.87. The highest BCUT2D eigenvalue weighted by molar-refractivity contribution is 6.26. The average molecular weight is 476 g/mol. The SMILES string of the molecule is Fc1ccc(-c2c(F)c(F)c3c(F)c(F)c4c(F)c(F)c(F)c5c(F)c(F)c2c3c45)c(F)c1. The smallest absolute Gasteiger partial charge is 0.195 e. The average Bonchev–Trinajstić information content (AvgIpc) is 2.76. The van der Waals surface area contributed by atoms with Gasteiger partial charge in [-0.2, -0.15) is 0 Å². The normalized spacial score (nSPS) is 12.1. The van der Waals surface area contributed by atoms with E-state index in [1.54, 1.807) is 0 Å². The van der Waals surface area contributed by atoms with Crippen molar-refractivity contribution in [1.29, 1.82) is 0 Å². The Balaban J connectivity index is 2.23. The first-order valence-corrected chi connectivity index (χ1v) is 8.82. The molecular formula is C22H3F11. The molecule has 0 heterocycles. The van der Waals surface area contributed by atoms with Crippen LogP contribution in [0.2, 0.25) is 0 Å². The summed E-state index contributed by atoms with van der Waals surface area (Å²) in [6.45, 7) is 0. The molecule has 0 N–H and O–H groups in total. The van der Waals surface area contributed by atoms with E-state index in [0.717, 1.165) is 0 Å². The van der Waals surface area contributed by atoms with E-state index in [2.05, 4.69) is 0 Å². The molecule has 168 valence electrons. The van der Waals surface area contributed by atoms with Gasteiger partial charge in [0.2, 0.25) is 0 Å². The van der Waals surface area contributed by atoms with E-state index in [9.17, 15) is 43.9 Å². The Morgan fingerprint density at radius 3 is 1.24 bits per heavy atom. The van der Waals surface area contributed by atoms with Gasteiger partial charge in [-0.1, -0.05) is 0 Å². The molecule has 0 fully saturated rings. The highest BCUT2D eigenvalue weighted by Crippen LogP contribution is 2.48. The van der Waals surface area contributed by atoms with Crippen molar-refractivity contribution in [3.63, 3.8) is 0 Å². The minimum absolute atomic E-state index is 0.188. The number of hydrogen-bond donors (Lipinski definition) is 0. The van der Waals surface area contributed by atoms with Crippen LogP contribution >= 0.6 is 0 Å². The molecule has 0 saturated carbocycles. The Hall–Kier alpha value is -3.63. The van der Waals surface area contributed by atoms with Gasteiger partial charge in [0.15, 0.2) is 52.4 Å². The summed E-state index contributed by atoms with van der Waals surface area (Å²) in [5.41, 5.74) is -2.43. The van der Waals surface area contributed by atoms with Crippen molar-refractivity contribution in [3.05, 3.63) is 82.2 Å². The lowest BCUT2D eigenvalue weighted by Gasteiger charge is -2.19. The van der Waals surface area contributed by atoms with Gasteiger partial charge in [0.05, 0.1) is 16.2 Å². The molecule has 0 amide bonds. The third kappa shape index (κ3) is 2.47. The molecule has 0 aliphatic carbocycles. The van der Waals surface area contributed by atoms with Gasteiger partial charge < -0.3 is 0 Å². The summed E-state index contributed by atoms with van der Waals surface area (Å²) >= 11 is 0. The highest BCUT2D eigenvalue weighted by Gasteiger charge is 2.35. The molecule has 0 bridgehead atoms. The summed E-state index contributed by atoms with van der Waals surface area (Å²) in [7, 11) is 0. The molecule has 33 heavy (non-hydrogen) atoms. The second-order valence-corrected chi connectivity index (χ2v) is 7.08. The van der Waals surface area contributed by atoms with E-state index < -0.39 is 107 Å². The molecule has 0 atom stereocenters. The summed E-state index contributed by atoms with van der Waals surface area (Å²) < 4.78 is 159. The molecule has 0 aliphatic heterocycles. The van der Waals surface area contributed by atoms with Crippen LogP contribution in [0.3, 0.4) is 0 Å². The zero-order chi connectivity index (χ0) is 24.1. The fourth-order valence-electron chi connectivity index (χ4n) is 4.07. The predicted octanol–water partition coefficient (Wildman–Crippen LogP) is 7.78. The van der Waals surface area contributed by atoms with E-state index in [1.807, 2.05) is 0 Å². The number of hydrogen-bond acceptors (Lipinski definition) is 0. The molecule has 0 aromatic heterocycles. The zero-order valence-corrected chi connectivity index (χ0v) is 15.4. The third-order valence-electron chi connectivity index (χ3n) is 5.42. The topological polar surface area (TPSA) is 0 Å².